The Hall–Kier alpha value is -2.52. The van der Waals surface area contributed by atoms with Gasteiger partial charge in [-0.25, -0.2) is 9.50 Å². The minimum Gasteiger partial charge on any atom is -0.346 e. The number of carbonyl (C=O) groups is 1. The van der Waals surface area contributed by atoms with E-state index >= 15 is 0 Å². The second-order valence-electron chi connectivity index (χ2n) is 6.33. The van der Waals surface area contributed by atoms with E-state index in [1.54, 1.807) is 10.7 Å². The second-order valence-corrected chi connectivity index (χ2v) is 6.33. The van der Waals surface area contributed by atoms with Crippen molar-refractivity contribution < 1.29 is 9.32 Å². The lowest BCUT2D eigenvalue weighted by Crippen LogP contribution is -2.43. The van der Waals surface area contributed by atoms with E-state index in [2.05, 4.69) is 25.5 Å². The van der Waals surface area contributed by atoms with E-state index < -0.39 is 6.04 Å². The van der Waals surface area contributed by atoms with Crippen LogP contribution in [0.3, 0.4) is 0 Å². The molecular formula is C16H22ClN7O2. The number of nitrogens with one attached hydrogen (secondary N) is 1. The number of fused-ring (bicyclic) bond motifs is 1. The third kappa shape index (κ3) is 3.83. The van der Waals surface area contributed by atoms with Crippen LogP contribution in [0.15, 0.2) is 16.8 Å². The number of nitrogens with zero attached hydrogens (tertiary/aromatic N) is 5. The van der Waals surface area contributed by atoms with Crippen LogP contribution in [0.25, 0.3) is 17.0 Å². The summed E-state index contributed by atoms with van der Waals surface area (Å²) in [5.41, 5.74) is 8.98. The number of halogens is 1. The average Bonchev–Trinajstić information content (AvgIpc) is 3.18. The van der Waals surface area contributed by atoms with Crippen LogP contribution in [-0.4, -0.2) is 36.7 Å². The van der Waals surface area contributed by atoms with E-state index in [-0.39, 0.29) is 30.8 Å². The molecule has 10 heteroatoms. The third-order valence-corrected chi connectivity index (χ3v) is 3.92. The van der Waals surface area contributed by atoms with Crippen LogP contribution in [-0.2, 0) is 11.3 Å². The molecule has 3 heterocycles. The van der Waals surface area contributed by atoms with Crippen LogP contribution in [0, 0.1) is 19.8 Å². The van der Waals surface area contributed by atoms with E-state index in [1.165, 1.54) is 0 Å². The van der Waals surface area contributed by atoms with E-state index in [0.29, 0.717) is 22.9 Å². The molecule has 0 spiro atoms. The van der Waals surface area contributed by atoms with Crippen molar-refractivity contribution in [3.63, 3.8) is 0 Å². The number of nitrogens with two attached hydrogens (primary N) is 1. The summed E-state index contributed by atoms with van der Waals surface area (Å²) in [7, 11) is 0. The maximum atomic E-state index is 11.9. The minimum atomic E-state index is -0.572. The molecule has 0 radical (unpaired) electrons. The highest BCUT2D eigenvalue weighted by molar-refractivity contribution is 5.85. The Kier molecular flexibility index (Phi) is 5.94. The summed E-state index contributed by atoms with van der Waals surface area (Å²) in [6, 6.07) is 1.37. The fourth-order valence-corrected chi connectivity index (χ4v) is 2.45. The van der Waals surface area contributed by atoms with Crippen molar-refractivity contribution in [3.05, 3.63) is 29.5 Å². The molecule has 0 aromatic carbocycles. The van der Waals surface area contributed by atoms with Gasteiger partial charge in [-0.15, -0.1) is 12.4 Å². The van der Waals surface area contributed by atoms with Gasteiger partial charge in [0.2, 0.25) is 17.6 Å². The molecule has 3 aromatic heterocycles. The molecule has 3 N–H and O–H groups in total. The molecular weight excluding hydrogens is 358 g/mol. The number of carbonyl (C=O) groups excluding carboxylic acids is 1. The summed E-state index contributed by atoms with van der Waals surface area (Å²) in [6.07, 6.45) is 1.65. The number of aromatic nitrogens is 5. The first-order valence-electron chi connectivity index (χ1n) is 8.05. The van der Waals surface area contributed by atoms with Crippen molar-refractivity contribution in [1.82, 2.24) is 30.1 Å². The van der Waals surface area contributed by atoms with Crippen LogP contribution in [0.2, 0.25) is 0 Å². The molecule has 0 aliphatic carbocycles. The lowest BCUT2D eigenvalue weighted by atomic mass is 10.1. The smallest absolute Gasteiger partial charge is 0.246 e. The molecule has 0 fully saturated rings. The molecule has 3 rings (SSSR count). The van der Waals surface area contributed by atoms with Gasteiger partial charge in [-0.2, -0.15) is 10.1 Å². The van der Waals surface area contributed by atoms with Gasteiger partial charge in [-0.3, -0.25) is 4.79 Å². The molecule has 0 saturated carbocycles. The van der Waals surface area contributed by atoms with Crippen molar-refractivity contribution in [3.8, 4) is 11.4 Å². The number of aryl methyl sites for hydroxylation is 2. The summed E-state index contributed by atoms with van der Waals surface area (Å²) in [5.74, 6) is 0.473. The number of hydrogen-bond donors (Lipinski definition) is 2. The SMILES string of the molecule is Cc1cc(C)n2ncc(-c3noc(CNC(=O)[C@@H](N)C(C)C)n3)c2n1.Cl. The highest BCUT2D eigenvalue weighted by Gasteiger charge is 2.19. The minimum absolute atomic E-state index is 0. The molecule has 0 bridgehead atoms. The lowest BCUT2D eigenvalue weighted by Gasteiger charge is -2.14. The quantitative estimate of drug-likeness (QED) is 0.686. The number of hydrogen-bond acceptors (Lipinski definition) is 7. The van der Waals surface area contributed by atoms with E-state index in [9.17, 15) is 4.79 Å². The van der Waals surface area contributed by atoms with Crippen LogP contribution >= 0.6 is 12.4 Å². The van der Waals surface area contributed by atoms with Crippen molar-refractivity contribution >= 4 is 24.0 Å². The Labute approximate surface area is 156 Å². The Balaban J connectivity index is 0.00000243. The molecule has 0 aliphatic heterocycles. The average molecular weight is 380 g/mol. The zero-order chi connectivity index (χ0) is 18.1. The molecule has 140 valence electrons. The van der Waals surface area contributed by atoms with Crippen LogP contribution in [0.4, 0.5) is 0 Å². The molecule has 3 aromatic rings. The molecule has 9 nitrogen and oxygen atoms in total. The van der Waals surface area contributed by atoms with E-state index in [4.69, 9.17) is 10.3 Å². The zero-order valence-corrected chi connectivity index (χ0v) is 15.9. The Morgan fingerprint density at radius 3 is 2.77 bits per heavy atom. The predicted molar refractivity (Wildman–Crippen MR) is 97.7 cm³/mol. The topological polar surface area (TPSA) is 124 Å². The van der Waals surface area contributed by atoms with Gasteiger partial charge >= 0.3 is 0 Å². The normalized spacial score (nSPS) is 12.2. The first-order chi connectivity index (χ1) is 11.9. The maximum absolute atomic E-state index is 11.9. The largest absolute Gasteiger partial charge is 0.346 e. The highest BCUT2D eigenvalue weighted by Crippen LogP contribution is 2.21. The van der Waals surface area contributed by atoms with Crippen molar-refractivity contribution in [2.75, 3.05) is 0 Å². The molecule has 1 atom stereocenters. The first kappa shape index (κ1) is 19.8. The summed E-state index contributed by atoms with van der Waals surface area (Å²) >= 11 is 0. The van der Waals surface area contributed by atoms with Crippen LogP contribution in [0.1, 0.15) is 31.1 Å². The Morgan fingerprint density at radius 2 is 2.08 bits per heavy atom. The molecule has 0 unspecified atom stereocenters. The van der Waals surface area contributed by atoms with Crippen LogP contribution in [0.5, 0.6) is 0 Å². The predicted octanol–water partition coefficient (Wildman–Crippen LogP) is 1.42. The van der Waals surface area contributed by atoms with Crippen molar-refractivity contribution in [1.29, 1.82) is 0 Å². The van der Waals surface area contributed by atoms with Gasteiger partial charge in [0.25, 0.3) is 0 Å². The van der Waals surface area contributed by atoms with Gasteiger partial charge in [-0.05, 0) is 25.8 Å². The zero-order valence-electron chi connectivity index (χ0n) is 15.1. The van der Waals surface area contributed by atoms with E-state index in [1.807, 2.05) is 33.8 Å². The van der Waals surface area contributed by atoms with Gasteiger partial charge in [0, 0.05) is 11.4 Å². The molecule has 0 aliphatic rings. The summed E-state index contributed by atoms with van der Waals surface area (Å²) in [5, 5.41) is 11.0. The Bertz CT molecular complexity index is 919. The van der Waals surface area contributed by atoms with Crippen LogP contribution < -0.4 is 11.1 Å². The fourth-order valence-electron chi connectivity index (χ4n) is 2.45. The number of rotatable bonds is 5. The Morgan fingerprint density at radius 1 is 1.35 bits per heavy atom. The lowest BCUT2D eigenvalue weighted by molar-refractivity contribution is -0.123. The molecule has 1 amide bonds. The molecule has 0 saturated heterocycles. The van der Waals surface area contributed by atoms with Gasteiger partial charge < -0.3 is 15.6 Å². The highest BCUT2D eigenvalue weighted by atomic mass is 35.5. The van der Waals surface area contributed by atoms with Crippen molar-refractivity contribution in [2.45, 2.75) is 40.3 Å². The third-order valence-electron chi connectivity index (χ3n) is 3.92. The first-order valence-corrected chi connectivity index (χ1v) is 8.05. The van der Waals surface area contributed by atoms with Gasteiger partial charge in [0.15, 0.2) is 5.65 Å². The molecule has 26 heavy (non-hydrogen) atoms. The van der Waals surface area contributed by atoms with Gasteiger partial charge in [-0.1, -0.05) is 19.0 Å². The monoisotopic (exact) mass is 379 g/mol. The van der Waals surface area contributed by atoms with Gasteiger partial charge in [0.05, 0.1) is 24.3 Å². The number of amides is 1. The summed E-state index contributed by atoms with van der Waals surface area (Å²) in [4.78, 5) is 20.7. The summed E-state index contributed by atoms with van der Waals surface area (Å²) in [6.45, 7) is 7.76. The van der Waals surface area contributed by atoms with E-state index in [0.717, 1.165) is 11.4 Å². The van der Waals surface area contributed by atoms with Crippen molar-refractivity contribution in [2.24, 2.45) is 11.7 Å². The maximum Gasteiger partial charge on any atom is 0.246 e. The van der Waals surface area contributed by atoms with Gasteiger partial charge in [0.1, 0.15) is 0 Å². The standard InChI is InChI=1S/C16H21N7O2.ClH/c1-8(2)13(17)16(24)18-7-12-21-14(22-25-12)11-6-19-23-10(4)5-9(3)20-15(11)23;/h5-6,8,13H,7,17H2,1-4H3,(H,18,24);1H/t13-;/m0./s1. The second kappa shape index (κ2) is 7.79. The fraction of sp³-hybridized carbons (Fsp3) is 0.438. The summed E-state index contributed by atoms with van der Waals surface area (Å²) < 4.78 is 6.93.